The van der Waals surface area contributed by atoms with Gasteiger partial charge in [-0.3, -0.25) is 9.69 Å². The maximum Gasteiger partial charge on any atom is 0.219 e. The van der Waals surface area contributed by atoms with E-state index in [9.17, 15) is 14.3 Å². The molecule has 2 aliphatic heterocycles. The number of halogens is 1. The fraction of sp³-hybridized carbons (Fsp3) is 0.650. The van der Waals surface area contributed by atoms with E-state index in [0.717, 1.165) is 51.0 Å². The van der Waals surface area contributed by atoms with Gasteiger partial charge in [0, 0.05) is 20.0 Å². The maximum atomic E-state index is 13.0. The van der Waals surface area contributed by atoms with Crippen LogP contribution < -0.4 is 0 Å². The molecule has 1 atom stereocenters. The van der Waals surface area contributed by atoms with Gasteiger partial charge in [0.1, 0.15) is 5.82 Å². The molecule has 0 aromatic heterocycles. The van der Waals surface area contributed by atoms with Crippen molar-refractivity contribution in [3.8, 4) is 0 Å². The highest BCUT2D eigenvalue weighted by Gasteiger charge is 2.50. The summed E-state index contributed by atoms with van der Waals surface area (Å²) in [4.78, 5) is 16.3. The molecule has 0 bridgehead atoms. The highest BCUT2D eigenvalue weighted by Crippen LogP contribution is 2.45. The van der Waals surface area contributed by atoms with Gasteiger partial charge in [0.05, 0.1) is 11.6 Å². The fourth-order valence-electron chi connectivity index (χ4n) is 4.36. The van der Waals surface area contributed by atoms with E-state index in [1.165, 1.54) is 12.1 Å². The minimum absolute atomic E-state index is 0.0138. The molecule has 0 aliphatic carbocycles. The van der Waals surface area contributed by atoms with E-state index in [1.54, 1.807) is 6.92 Å². The number of piperidine rings is 2. The molecular formula is C20H29FN2O2. The predicted octanol–water partition coefficient (Wildman–Crippen LogP) is 2.80. The topological polar surface area (TPSA) is 43.8 Å². The Morgan fingerprint density at radius 3 is 2.40 bits per heavy atom. The van der Waals surface area contributed by atoms with Crippen molar-refractivity contribution in [3.05, 3.63) is 35.6 Å². The summed E-state index contributed by atoms with van der Waals surface area (Å²) < 4.78 is 13.0. The molecule has 1 aromatic carbocycles. The zero-order chi connectivity index (χ0) is 18.2. The third kappa shape index (κ3) is 3.72. The first-order chi connectivity index (χ1) is 11.7. The number of carbonyl (C=O) groups is 1. The first-order valence-electron chi connectivity index (χ1n) is 9.15. The molecule has 4 nitrogen and oxygen atoms in total. The molecule has 2 saturated heterocycles. The van der Waals surface area contributed by atoms with Crippen molar-refractivity contribution in [1.29, 1.82) is 0 Å². The van der Waals surface area contributed by atoms with Crippen LogP contribution in [-0.2, 0) is 11.3 Å². The van der Waals surface area contributed by atoms with Crippen LogP contribution in [-0.4, -0.2) is 52.1 Å². The summed E-state index contributed by atoms with van der Waals surface area (Å²) in [5.41, 5.74) is 0.634. The number of rotatable bonds is 2. The molecule has 1 N–H and O–H groups in total. The SMILES string of the molecule is CC(=O)N1CC2(CCN(Cc3ccc(F)cc3)CC2)CC(O)C1(C)C. The maximum absolute atomic E-state index is 13.0. The van der Waals surface area contributed by atoms with E-state index in [2.05, 4.69) is 4.90 Å². The van der Waals surface area contributed by atoms with Crippen molar-refractivity contribution in [2.24, 2.45) is 5.41 Å². The van der Waals surface area contributed by atoms with Crippen LogP contribution >= 0.6 is 0 Å². The van der Waals surface area contributed by atoms with Gasteiger partial charge >= 0.3 is 0 Å². The van der Waals surface area contributed by atoms with Crippen LogP contribution in [0.4, 0.5) is 4.39 Å². The molecule has 1 amide bonds. The number of amides is 1. The second kappa shape index (κ2) is 6.69. The smallest absolute Gasteiger partial charge is 0.219 e. The summed E-state index contributed by atoms with van der Waals surface area (Å²) in [5.74, 6) is -0.165. The molecule has 1 aromatic rings. The second-order valence-corrected chi connectivity index (χ2v) is 8.38. The number of benzene rings is 1. The molecule has 2 fully saturated rings. The minimum atomic E-state index is -0.498. The third-order valence-corrected chi connectivity index (χ3v) is 6.25. The Morgan fingerprint density at radius 2 is 1.84 bits per heavy atom. The van der Waals surface area contributed by atoms with Crippen LogP contribution in [0.5, 0.6) is 0 Å². The molecule has 0 radical (unpaired) electrons. The van der Waals surface area contributed by atoms with Gasteiger partial charge < -0.3 is 10.0 Å². The van der Waals surface area contributed by atoms with Crippen molar-refractivity contribution >= 4 is 5.91 Å². The highest BCUT2D eigenvalue weighted by atomic mass is 19.1. The average Bonchev–Trinajstić information content (AvgIpc) is 2.55. The summed E-state index contributed by atoms with van der Waals surface area (Å²) in [6, 6.07) is 6.68. The van der Waals surface area contributed by atoms with Gasteiger partial charge in [0.25, 0.3) is 0 Å². The Kier molecular flexibility index (Phi) is 4.91. The fourth-order valence-corrected chi connectivity index (χ4v) is 4.36. The molecule has 3 rings (SSSR count). The number of hydrogen-bond acceptors (Lipinski definition) is 3. The first-order valence-corrected chi connectivity index (χ1v) is 9.15. The summed E-state index contributed by atoms with van der Waals surface area (Å²) in [7, 11) is 0. The summed E-state index contributed by atoms with van der Waals surface area (Å²) >= 11 is 0. The lowest BCUT2D eigenvalue weighted by atomic mass is 9.67. The van der Waals surface area contributed by atoms with Crippen LogP contribution in [0.15, 0.2) is 24.3 Å². The van der Waals surface area contributed by atoms with Crippen LogP contribution in [0.25, 0.3) is 0 Å². The Bertz CT molecular complexity index is 621. The third-order valence-electron chi connectivity index (χ3n) is 6.25. The molecule has 0 saturated carbocycles. The number of aliphatic hydroxyl groups is 1. The van der Waals surface area contributed by atoms with Crippen LogP contribution in [0.3, 0.4) is 0 Å². The van der Waals surface area contributed by atoms with E-state index in [1.807, 2.05) is 30.9 Å². The molecule has 138 valence electrons. The number of likely N-dealkylation sites (tertiary alicyclic amines) is 2. The first kappa shape index (κ1) is 18.3. The van der Waals surface area contributed by atoms with Gasteiger partial charge in [0.2, 0.25) is 5.91 Å². The highest BCUT2D eigenvalue weighted by molar-refractivity contribution is 5.74. The molecule has 1 unspecified atom stereocenters. The van der Waals surface area contributed by atoms with E-state index >= 15 is 0 Å². The van der Waals surface area contributed by atoms with Crippen molar-refractivity contribution in [2.75, 3.05) is 19.6 Å². The van der Waals surface area contributed by atoms with Crippen molar-refractivity contribution < 1.29 is 14.3 Å². The average molecular weight is 348 g/mol. The Morgan fingerprint density at radius 1 is 1.24 bits per heavy atom. The molecule has 2 heterocycles. The van der Waals surface area contributed by atoms with Gasteiger partial charge in [-0.05, 0) is 69.3 Å². The summed E-state index contributed by atoms with van der Waals surface area (Å²) in [6.45, 7) is 8.94. The number of carbonyl (C=O) groups excluding carboxylic acids is 1. The number of hydrogen-bond donors (Lipinski definition) is 1. The second-order valence-electron chi connectivity index (χ2n) is 8.38. The molecule has 2 aliphatic rings. The van der Waals surface area contributed by atoms with Crippen LogP contribution in [0.2, 0.25) is 0 Å². The zero-order valence-corrected chi connectivity index (χ0v) is 15.5. The number of nitrogens with zero attached hydrogens (tertiary/aromatic N) is 2. The lowest BCUT2D eigenvalue weighted by Gasteiger charge is -2.55. The van der Waals surface area contributed by atoms with E-state index < -0.39 is 11.6 Å². The van der Waals surface area contributed by atoms with E-state index in [-0.39, 0.29) is 17.1 Å². The normalized spacial score (nSPS) is 26.0. The standard InChI is InChI=1S/C20H29FN2O2/c1-15(24)23-14-20(12-18(25)19(23,2)3)8-10-22(11-9-20)13-16-4-6-17(21)7-5-16/h4-7,18,25H,8-14H2,1-3H3. The zero-order valence-electron chi connectivity index (χ0n) is 15.5. The molecular weight excluding hydrogens is 319 g/mol. The lowest BCUT2D eigenvalue weighted by molar-refractivity contribution is -0.157. The predicted molar refractivity (Wildman–Crippen MR) is 95.4 cm³/mol. The van der Waals surface area contributed by atoms with Crippen LogP contribution in [0, 0.1) is 11.2 Å². The van der Waals surface area contributed by atoms with Crippen molar-refractivity contribution in [1.82, 2.24) is 9.80 Å². The molecule has 5 heteroatoms. The van der Waals surface area contributed by atoms with Gasteiger partial charge in [-0.2, -0.15) is 0 Å². The van der Waals surface area contributed by atoms with E-state index in [0.29, 0.717) is 0 Å². The lowest BCUT2D eigenvalue weighted by Crippen LogP contribution is -2.64. The van der Waals surface area contributed by atoms with E-state index in [4.69, 9.17) is 0 Å². The van der Waals surface area contributed by atoms with Gasteiger partial charge in [-0.1, -0.05) is 12.1 Å². The molecule has 25 heavy (non-hydrogen) atoms. The largest absolute Gasteiger partial charge is 0.391 e. The van der Waals surface area contributed by atoms with Crippen molar-refractivity contribution in [3.63, 3.8) is 0 Å². The van der Waals surface area contributed by atoms with Crippen LogP contribution in [0.1, 0.15) is 45.6 Å². The van der Waals surface area contributed by atoms with Gasteiger partial charge in [0.15, 0.2) is 0 Å². The quantitative estimate of drug-likeness (QED) is 0.894. The molecule has 1 spiro atoms. The Hall–Kier alpha value is -1.46. The summed E-state index contributed by atoms with van der Waals surface area (Å²) in [6.07, 6.45) is 2.22. The van der Waals surface area contributed by atoms with Crippen molar-refractivity contribution in [2.45, 2.75) is 58.2 Å². The Balaban J connectivity index is 1.64. The van der Waals surface area contributed by atoms with Gasteiger partial charge in [-0.15, -0.1) is 0 Å². The summed E-state index contributed by atoms with van der Waals surface area (Å²) in [5, 5.41) is 10.7. The number of aliphatic hydroxyl groups excluding tert-OH is 1. The monoisotopic (exact) mass is 348 g/mol. The minimum Gasteiger partial charge on any atom is -0.391 e. The van der Waals surface area contributed by atoms with Gasteiger partial charge in [-0.25, -0.2) is 4.39 Å². The Labute approximate surface area is 149 Å².